The summed E-state index contributed by atoms with van der Waals surface area (Å²) in [6.07, 6.45) is -2.09. The fourth-order valence-electron chi connectivity index (χ4n) is 4.76. The number of benzene rings is 3. The number of ether oxygens (including phenoxy) is 4. The van der Waals surface area contributed by atoms with Gasteiger partial charge in [-0.25, -0.2) is 0 Å². The molecule has 8 heteroatoms. The van der Waals surface area contributed by atoms with Crippen molar-refractivity contribution in [2.24, 2.45) is 5.41 Å². The minimum absolute atomic E-state index is 0.208. The van der Waals surface area contributed by atoms with Gasteiger partial charge in [0, 0.05) is 28.4 Å². The van der Waals surface area contributed by atoms with Gasteiger partial charge in [0.2, 0.25) is 0 Å². The Bertz CT molecular complexity index is 1340. The van der Waals surface area contributed by atoms with Gasteiger partial charge in [-0.1, -0.05) is 74.8 Å². The molecular formula is C32H36ClNO6. The van der Waals surface area contributed by atoms with E-state index in [1.165, 1.54) is 0 Å². The number of amides is 1. The minimum atomic E-state index is -1.09. The molecule has 0 saturated heterocycles. The molecule has 3 aromatic rings. The highest BCUT2D eigenvalue weighted by Crippen LogP contribution is 2.45. The van der Waals surface area contributed by atoms with Crippen LogP contribution in [-0.2, 0) is 25.7 Å². The monoisotopic (exact) mass is 565 g/mol. The number of hydrogen-bond acceptors (Lipinski definition) is 6. The number of esters is 1. The van der Waals surface area contributed by atoms with Crippen LogP contribution in [0.1, 0.15) is 56.9 Å². The lowest BCUT2D eigenvalue weighted by atomic mass is 9.94. The van der Waals surface area contributed by atoms with Crippen LogP contribution < -0.4 is 14.4 Å². The predicted octanol–water partition coefficient (Wildman–Crippen LogP) is 6.75. The van der Waals surface area contributed by atoms with E-state index in [2.05, 4.69) is 20.8 Å². The van der Waals surface area contributed by atoms with Crippen molar-refractivity contribution in [1.29, 1.82) is 0 Å². The quantitative estimate of drug-likeness (QED) is 0.267. The van der Waals surface area contributed by atoms with Crippen LogP contribution in [-0.4, -0.2) is 38.2 Å². The lowest BCUT2D eigenvalue weighted by Crippen LogP contribution is -2.44. The van der Waals surface area contributed by atoms with Crippen molar-refractivity contribution < 1.29 is 28.5 Å². The van der Waals surface area contributed by atoms with E-state index in [0.29, 0.717) is 46.5 Å². The molecule has 3 aromatic carbocycles. The lowest BCUT2D eigenvalue weighted by Gasteiger charge is -2.31. The fraction of sp³-hybridized carbons (Fsp3) is 0.375. The summed E-state index contributed by atoms with van der Waals surface area (Å²) in [7, 11) is 1.57. The zero-order valence-corrected chi connectivity index (χ0v) is 24.4. The number of carbonyl (C=O) groups excluding carboxylic acids is 2. The molecular weight excluding hydrogens is 530 g/mol. The van der Waals surface area contributed by atoms with E-state index >= 15 is 0 Å². The minimum Gasteiger partial charge on any atom is -0.492 e. The van der Waals surface area contributed by atoms with Gasteiger partial charge in [-0.15, -0.1) is 0 Å². The summed E-state index contributed by atoms with van der Waals surface area (Å²) >= 11 is 6.50. The number of halogens is 1. The van der Waals surface area contributed by atoms with Gasteiger partial charge in [0.15, 0.2) is 11.5 Å². The Morgan fingerprint density at radius 1 is 1.02 bits per heavy atom. The maximum absolute atomic E-state index is 14.0. The van der Waals surface area contributed by atoms with Crippen LogP contribution in [0.3, 0.4) is 0 Å². The maximum atomic E-state index is 14.0. The molecule has 0 fully saturated rings. The SMILES string of the molecule is CCOC(=O)CC1OC(c2cccc(OCc3ccccc3)c2OC)c2cc(Cl)ccc2N(CC(C)(C)C)C1=O. The molecule has 4 rings (SSSR count). The average Bonchev–Trinajstić information content (AvgIpc) is 3.02. The summed E-state index contributed by atoms with van der Waals surface area (Å²) in [5, 5.41) is 0.495. The molecule has 0 saturated carbocycles. The Labute approximate surface area is 240 Å². The molecule has 0 spiro atoms. The van der Waals surface area contributed by atoms with Gasteiger partial charge in [0.1, 0.15) is 18.8 Å². The summed E-state index contributed by atoms with van der Waals surface area (Å²) in [4.78, 5) is 28.3. The second kappa shape index (κ2) is 12.7. The number of nitrogens with zero attached hydrogens (tertiary/aromatic N) is 1. The molecule has 0 aromatic heterocycles. The van der Waals surface area contributed by atoms with E-state index in [0.717, 1.165) is 5.56 Å². The van der Waals surface area contributed by atoms with E-state index in [9.17, 15) is 9.59 Å². The number of rotatable bonds is 9. The molecule has 1 heterocycles. The molecule has 7 nitrogen and oxygen atoms in total. The number of fused-ring (bicyclic) bond motifs is 1. The number of para-hydroxylation sites is 1. The van der Waals surface area contributed by atoms with E-state index in [4.69, 9.17) is 30.5 Å². The molecule has 212 valence electrons. The number of carbonyl (C=O) groups is 2. The molecule has 0 radical (unpaired) electrons. The smallest absolute Gasteiger partial charge is 0.308 e. The van der Waals surface area contributed by atoms with Gasteiger partial charge in [-0.3, -0.25) is 9.59 Å². The first-order chi connectivity index (χ1) is 19.1. The molecule has 0 aliphatic carbocycles. The van der Waals surface area contributed by atoms with Crippen LogP contribution >= 0.6 is 11.6 Å². The van der Waals surface area contributed by atoms with Gasteiger partial charge in [0.25, 0.3) is 5.91 Å². The van der Waals surface area contributed by atoms with Crippen molar-refractivity contribution in [2.75, 3.05) is 25.2 Å². The van der Waals surface area contributed by atoms with Crippen LogP contribution in [0.5, 0.6) is 11.5 Å². The highest BCUT2D eigenvalue weighted by Gasteiger charge is 2.40. The van der Waals surface area contributed by atoms with Crippen LogP contribution in [0.4, 0.5) is 5.69 Å². The van der Waals surface area contributed by atoms with Gasteiger partial charge in [-0.2, -0.15) is 0 Å². The molecule has 1 aliphatic rings. The Hall–Kier alpha value is -3.55. The van der Waals surface area contributed by atoms with Crippen molar-refractivity contribution in [2.45, 2.75) is 52.9 Å². The maximum Gasteiger partial charge on any atom is 0.308 e. The van der Waals surface area contributed by atoms with Crippen molar-refractivity contribution >= 4 is 29.2 Å². The van der Waals surface area contributed by atoms with E-state index < -0.39 is 18.2 Å². The van der Waals surface area contributed by atoms with Crippen molar-refractivity contribution in [3.05, 3.63) is 88.4 Å². The second-order valence-corrected chi connectivity index (χ2v) is 11.3. The van der Waals surface area contributed by atoms with Crippen LogP contribution in [0.25, 0.3) is 0 Å². The summed E-state index contributed by atoms with van der Waals surface area (Å²) < 4.78 is 23.7. The Morgan fingerprint density at radius 3 is 2.45 bits per heavy atom. The molecule has 2 unspecified atom stereocenters. The normalized spacial score (nSPS) is 17.1. The van der Waals surface area contributed by atoms with Gasteiger partial charge >= 0.3 is 5.97 Å². The first-order valence-electron chi connectivity index (χ1n) is 13.4. The Morgan fingerprint density at radius 2 is 1.77 bits per heavy atom. The third kappa shape index (κ3) is 6.95. The van der Waals surface area contributed by atoms with Crippen LogP contribution in [0.2, 0.25) is 5.02 Å². The molecule has 0 N–H and O–H groups in total. The fourth-order valence-corrected chi connectivity index (χ4v) is 4.94. The third-order valence-electron chi connectivity index (χ3n) is 6.43. The molecule has 2 atom stereocenters. The topological polar surface area (TPSA) is 74.3 Å². The molecule has 1 aliphatic heterocycles. The molecule has 40 heavy (non-hydrogen) atoms. The highest BCUT2D eigenvalue weighted by atomic mass is 35.5. The van der Waals surface area contributed by atoms with E-state index in [1.54, 1.807) is 31.1 Å². The van der Waals surface area contributed by atoms with Crippen LogP contribution in [0.15, 0.2) is 66.7 Å². The number of hydrogen-bond donors (Lipinski definition) is 0. The first-order valence-corrected chi connectivity index (χ1v) is 13.7. The van der Waals surface area contributed by atoms with Gasteiger partial charge in [0.05, 0.1) is 20.1 Å². The predicted molar refractivity (Wildman–Crippen MR) is 155 cm³/mol. The standard InChI is InChI=1S/C32H36ClNO6/c1-6-38-28(35)18-27-31(36)34(20-32(2,3)4)25-16-15-22(33)17-24(25)29(40-27)23-13-10-14-26(30(23)37-5)39-19-21-11-8-7-9-12-21/h7-17,27,29H,6,18-20H2,1-5H3. The van der Waals surface area contributed by atoms with E-state index in [1.807, 2.05) is 54.6 Å². The average molecular weight is 566 g/mol. The third-order valence-corrected chi connectivity index (χ3v) is 6.66. The number of anilines is 1. The Balaban J connectivity index is 1.82. The van der Waals surface area contributed by atoms with Crippen molar-refractivity contribution in [1.82, 2.24) is 0 Å². The zero-order chi connectivity index (χ0) is 28.9. The first kappa shape index (κ1) is 29.4. The van der Waals surface area contributed by atoms with Crippen LogP contribution in [0, 0.1) is 5.41 Å². The summed E-state index contributed by atoms with van der Waals surface area (Å²) in [5.74, 6) is 0.178. The zero-order valence-electron chi connectivity index (χ0n) is 23.6. The van der Waals surface area contributed by atoms with E-state index in [-0.39, 0.29) is 24.3 Å². The van der Waals surface area contributed by atoms with Gasteiger partial charge in [-0.05, 0) is 42.2 Å². The molecule has 0 bridgehead atoms. The summed E-state index contributed by atoms with van der Waals surface area (Å²) in [6.45, 7) is 8.85. The van der Waals surface area contributed by atoms with Crippen molar-refractivity contribution in [3.63, 3.8) is 0 Å². The Kier molecular flexibility index (Phi) is 9.38. The lowest BCUT2D eigenvalue weighted by molar-refractivity contribution is -0.151. The summed E-state index contributed by atoms with van der Waals surface area (Å²) in [5.41, 5.74) is 2.78. The largest absolute Gasteiger partial charge is 0.492 e. The highest BCUT2D eigenvalue weighted by molar-refractivity contribution is 6.30. The van der Waals surface area contributed by atoms with Crippen molar-refractivity contribution in [3.8, 4) is 11.5 Å². The summed E-state index contributed by atoms with van der Waals surface area (Å²) in [6, 6.07) is 20.8. The second-order valence-electron chi connectivity index (χ2n) is 10.9. The molecule has 1 amide bonds. The van der Waals surface area contributed by atoms with Gasteiger partial charge < -0.3 is 23.8 Å². The number of methoxy groups -OCH3 is 1.